The van der Waals surface area contributed by atoms with Gasteiger partial charge in [-0.05, 0) is 30.2 Å². The maximum absolute atomic E-state index is 12.4. The average molecular weight is 323 g/mol. The third-order valence-electron chi connectivity index (χ3n) is 4.44. The number of nitrogens with one attached hydrogen (secondary N) is 1. The van der Waals surface area contributed by atoms with Crippen molar-refractivity contribution in [2.45, 2.75) is 13.5 Å². The maximum atomic E-state index is 12.4. The number of benzene rings is 2. The first-order valence-electron chi connectivity index (χ1n) is 8.55. The molecule has 1 aliphatic heterocycles. The Kier molecular flexibility index (Phi) is 5.49. The molecular formula is C20H25N3O. The van der Waals surface area contributed by atoms with Gasteiger partial charge in [-0.25, -0.2) is 0 Å². The minimum Gasteiger partial charge on any atom is -0.376 e. The molecule has 0 atom stereocenters. The second-order valence-electron chi connectivity index (χ2n) is 6.37. The molecule has 0 radical (unpaired) electrons. The van der Waals surface area contributed by atoms with Crippen molar-refractivity contribution in [2.24, 2.45) is 0 Å². The third-order valence-corrected chi connectivity index (χ3v) is 4.44. The minimum absolute atomic E-state index is 0.177. The molecule has 1 N–H and O–H groups in total. The van der Waals surface area contributed by atoms with Gasteiger partial charge in [0.2, 0.25) is 5.91 Å². The molecule has 0 bridgehead atoms. The smallest absolute Gasteiger partial charge is 0.241 e. The predicted molar refractivity (Wildman–Crippen MR) is 98.0 cm³/mol. The summed E-state index contributed by atoms with van der Waals surface area (Å²) >= 11 is 0. The molecule has 1 fully saturated rings. The van der Waals surface area contributed by atoms with E-state index in [1.807, 2.05) is 23.1 Å². The molecular weight excluding hydrogens is 298 g/mol. The van der Waals surface area contributed by atoms with Crippen LogP contribution in [0.4, 0.5) is 5.69 Å². The molecule has 0 aromatic heterocycles. The van der Waals surface area contributed by atoms with E-state index in [2.05, 4.69) is 53.5 Å². The molecule has 3 rings (SSSR count). The highest BCUT2D eigenvalue weighted by atomic mass is 16.2. The molecule has 0 saturated carbocycles. The quantitative estimate of drug-likeness (QED) is 0.919. The van der Waals surface area contributed by atoms with Crippen LogP contribution in [0.25, 0.3) is 0 Å². The number of amides is 1. The van der Waals surface area contributed by atoms with Gasteiger partial charge in [0, 0.05) is 38.4 Å². The lowest BCUT2D eigenvalue weighted by molar-refractivity contribution is -0.131. The molecule has 0 unspecified atom stereocenters. The Morgan fingerprint density at radius 2 is 1.75 bits per heavy atom. The molecule has 24 heavy (non-hydrogen) atoms. The molecule has 1 saturated heterocycles. The summed E-state index contributed by atoms with van der Waals surface area (Å²) in [6, 6.07) is 18.6. The zero-order chi connectivity index (χ0) is 16.8. The first kappa shape index (κ1) is 16.5. The number of rotatable bonds is 5. The number of nitrogens with zero attached hydrogens (tertiary/aromatic N) is 2. The summed E-state index contributed by atoms with van der Waals surface area (Å²) in [4.78, 5) is 16.7. The van der Waals surface area contributed by atoms with E-state index < -0.39 is 0 Å². The molecule has 1 amide bonds. The Balaban J connectivity index is 1.43. The predicted octanol–water partition coefficient (Wildman–Crippen LogP) is 2.75. The van der Waals surface area contributed by atoms with Crippen LogP contribution < -0.4 is 5.32 Å². The largest absolute Gasteiger partial charge is 0.376 e. The van der Waals surface area contributed by atoms with E-state index in [1.54, 1.807) is 0 Å². The van der Waals surface area contributed by atoms with Crippen LogP contribution >= 0.6 is 0 Å². The van der Waals surface area contributed by atoms with Crippen molar-refractivity contribution in [1.29, 1.82) is 0 Å². The van der Waals surface area contributed by atoms with Crippen LogP contribution in [0.2, 0.25) is 0 Å². The normalized spacial score (nSPS) is 15.3. The van der Waals surface area contributed by atoms with Crippen LogP contribution in [0.3, 0.4) is 0 Å². The first-order valence-corrected chi connectivity index (χ1v) is 8.55. The van der Waals surface area contributed by atoms with Crippen LogP contribution in [0.5, 0.6) is 0 Å². The number of anilines is 1. The van der Waals surface area contributed by atoms with Gasteiger partial charge in [-0.1, -0.05) is 42.5 Å². The molecule has 2 aromatic rings. The zero-order valence-corrected chi connectivity index (χ0v) is 14.2. The van der Waals surface area contributed by atoms with Gasteiger partial charge in [0.15, 0.2) is 0 Å². The van der Waals surface area contributed by atoms with Gasteiger partial charge in [0.1, 0.15) is 0 Å². The van der Waals surface area contributed by atoms with Gasteiger partial charge in [0.25, 0.3) is 0 Å². The highest BCUT2D eigenvalue weighted by Gasteiger charge is 2.20. The lowest BCUT2D eigenvalue weighted by Gasteiger charge is -2.34. The summed E-state index contributed by atoms with van der Waals surface area (Å²) in [6.07, 6.45) is 0. The standard InChI is InChI=1S/C20H25N3O/c1-17-6-5-9-19(14-17)21-15-20(24)23-12-10-22(11-13-23)16-18-7-3-2-4-8-18/h2-9,14,21H,10-13,15-16H2,1H3. The molecule has 1 aliphatic rings. The van der Waals surface area contributed by atoms with Gasteiger partial charge in [-0.3, -0.25) is 9.69 Å². The Hall–Kier alpha value is -2.33. The molecule has 1 heterocycles. The van der Waals surface area contributed by atoms with Crippen molar-refractivity contribution in [3.8, 4) is 0 Å². The molecule has 0 aliphatic carbocycles. The lowest BCUT2D eigenvalue weighted by atomic mass is 10.2. The van der Waals surface area contributed by atoms with Crippen molar-refractivity contribution in [2.75, 3.05) is 38.0 Å². The third kappa shape index (κ3) is 4.59. The molecule has 4 nitrogen and oxygen atoms in total. The van der Waals surface area contributed by atoms with Gasteiger partial charge >= 0.3 is 0 Å². The van der Waals surface area contributed by atoms with Crippen molar-refractivity contribution < 1.29 is 4.79 Å². The second kappa shape index (κ2) is 7.97. The van der Waals surface area contributed by atoms with Crippen LogP contribution in [0.15, 0.2) is 54.6 Å². The lowest BCUT2D eigenvalue weighted by Crippen LogP contribution is -2.49. The van der Waals surface area contributed by atoms with E-state index in [0.29, 0.717) is 6.54 Å². The topological polar surface area (TPSA) is 35.6 Å². The van der Waals surface area contributed by atoms with Gasteiger partial charge in [0.05, 0.1) is 6.54 Å². The molecule has 2 aromatic carbocycles. The van der Waals surface area contributed by atoms with Crippen molar-refractivity contribution in [3.63, 3.8) is 0 Å². The number of aryl methyl sites for hydroxylation is 1. The van der Waals surface area contributed by atoms with Crippen LogP contribution in [-0.4, -0.2) is 48.4 Å². The second-order valence-corrected chi connectivity index (χ2v) is 6.37. The van der Waals surface area contributed by atoms with Gasteiger partial charge in [-0.2, -0.15) is 0 Å². The highest BCUT2D eigenvalue weighted by Crippen LogP contribution is 2.11. The van der Waals surface area contributed by atoms with Crippen LogP contribution in [0, 0.1) is 6.92 Å². The Bertz CT molecular complexity index is 664. The van der Waals surface area contributed by atoms with E-state index in [0.717, 1.165) is 38.4 Å². The number of piperazine rings is 1. The zero-order valence-electron chi connectivity index (χ0n) is 14.2. The maximum Gasteiger partial charge on any atom is 0.241 e. The Morgan fingerprint density at radius 1 is 1.00 bits per heavy atom. The molecule has 0 spiro atoms. The summed E-state index contributed by atoms with van der Waals surface area (Å²) in [5, 5.41) is 3.23. The monoisotopic (exact) mass is 323 g/mol. The molecule has 126 valence electrons. The first-order chi connectivity index (χ1) is 11.7. The van der Waals surface area contributed by atoms with Crippen molar-refractivity contribution in [3.05, 3.63) is 65.7 Å². The van der Waals surface area contributed by atoms with E-state index in [4.69, 9.17) is 0 Å². The average Bonchev–Trinajstić information content (AvgIpc) is 2.61. The fourth-order valence-electron chi connectivity index (χ4n) is 3.04. The fourth-order valence-corrected chi connectivity index (χ4v) is 3.04. The number of carbonyl (C=O) groups is 1. The van der Waals surface area contributed by atoms with Crippen molar-refractivity contribution in [1.82, 2.24) is 9.80 Å². The SMILES string of the molecule is Cc1cccc(NCC(=O)N2CCN(Cc3ccccc3)CC2)c1. The number of hydrogen-bond acceptors (Lipinski definition) is 3. The highest BCUT2D eigenvalue weighted by molar-refractivity contribution is 5.81. The van der Waals surface area contributed by atoms with Crippen LogP contribution in [0.1, 0.15) is 11.1 Å². The van der Waals surface area contributed by atoms with Crippen LogP contribution in [-0.2, 0) is 11.3 Å². The summed E-state index contributed by atoms with van der Waals surface area (Å²) < 4.78 is 0. The summed E-state index contributed by atoms with van der Waals surface area (Å²) in [7, 11) is 0. The van der Waals surface area contributed by atoms with Gasteiger partial charge in [-0.15, -0.1) is 0 Å². The van der Waals surface area contributed by atoms with Gasteiger partial charge < -0.3 is 10.2 Å². The Labute approximate surface area is 144 Å². The van der Waals surface area contributed by atoms with Crippen molar-refractivity contribution >= 4 is 11.6 Å². The summed E-state index contributed by atoms with van der Waals surface area (Å²) in [6.45, 7) is 6.87. The molecule has 4 heteroatoms. The van der Waals surface area contributed by atoms with E-state index in [1.165, 1.54) is 11.1 Å². The summed E-state index contributed by atoms with van der Waals surface area (Å²) in [5.41, 5.74) is 3.53. The van der Waals surface area contributed by atoms with E-state index in [-0.39, 0.29) is 5.91 Å². The number of hydrogen-bond donors (Lipinski definition) is 1. The summed E-state index contributed by atoms with van der Waals surface area (Å²) in [5.74, 6) is 0.177. The minimum atomic E-state index is 0.177. The Morgan fingerprint density at radius 3 is 2.46 bits per heavy atom. The fraction of sp³-hybridized carbons (Fsp3) is 0.350. The van der Waals surface area contributed by atoms with E-state index in [9.17, 15) is 4.79 Å². The number of carbonyl (C=O) groups excluding carboxylic acids is 1. The van der Waals surface area contributed by atoms with E-state index >= 15 is 0 Å².